The standard InChI is InChI=1S/C11H11F2NO/c12-9-3-4-10(13)8(5-9)6-14-11(15)7-1-2-7/h3-5,7H,1-2,6H2,(H,14,15). The molecule has 0 heterocycles. The topological polar surface area (TPSA) is 29.1 Å². The lowest BCUT2D eigenvalue weighted by atomic mass is 10.2. The SMILES string of the molecule is O=C(NCc1cc(F)ccc1F)C1CC1. The lowest BCUT2D eigenvalue weighted by molar-refractivity contribution is -0.122. The molecule has 0 aromatic heterocycles. The Morgan fingerprint density at radius 2 is 2.13 bits per heavy atom. The highest BCUT2D eigenvalue weighted by molar-refractivity contribution is 5.80. The fourth-order valence-electron chi connectivity index (χ4n) is 1.35. The second-order valence-corrected chi connectivity index (χ2v) is 3.73. The van der Waals surface area contributed by atoms with Gasteiger partial charge in [0.15, 0.2) is 0 Å². The summed E-state index contributed by atoms with van der Waals surface area (Å²) in [4.78, 5) is 11.2. The Morgan fingerprint density at radius 3 is 2.80 bits per heavy atom. The van der Waals surface area contributed by atoms with Gasteiger partial charge < -0.3 is 5.32 Å². The van der Waals surface area contributed by atoms with Crippen molar-refractivity contribution in [2.75, 3.05) is 0 Å². The van der Waals surface area contributed by atoms with Gasteiger partial charge in [0.2, 0.25) is 5.91 Å². The van der Waals surface area contributed by atoms with E-state index < -0.39 is 11.6 Å². The molecule has 15 heavy (non-hydrogen) atoms. The van der Waals surface area contributed by atoms with E-state index in [1.54, 1.807) is 0 Å². The van der Waals surface area contributed by atoms with E-state index in [2.05, 4.69) is 5.32 Å². The number of nitrogens with one attached hydrogen (secondary N) is 1. The molecule has 1 amide bonds. The number of rotatable bonds is 3. The van der Waals surface area contributed by atoms with Gasteiger partial charge in [-0.2, -0.15) is 0 Å². The van der Waals surface area contributed by atoms with E-state index in [1.165, 1.54) is 0 Å². The van der Waals surface area contributed by atoms with Crippen LogP contribution in [0.25, 0.3) is 0 Å². The van der Waals surface area contributed by atoms with Gasteiger partial charge in [0.1, 0.15) is 11.6 Å². The number of carbonyl (C=O) groups is 1. The van der Waals surface area contributed by atoms with Crippen LogP contribution in [0, 0.1) is 17.6 Å². The smallest absolute Gasteiger partial charge is 0.223 e. The van der Waals surface area contributed by atoms with Crippen LogP contribution in [0.4, 0.5) is 8.78 Å². The molecule has 1 saturated carbocycles. The normalized spacial score (nSPS) is 15.1. The maximum atomic E-state index is 13.1. The van der Waals surface area contributed by atoms with Crippen LogP contribution in [0.1, 0.15) is 18.4 Å². The van der Waals surface area contributed by atoms with Gasteiger partial charge in [-0.1, -0.05) is 0 Å². The summed E-state index contributed by atoms with van der Waals surface area (Å²) in [7, 11) is 0. The van der Waals surface area contributed by atoms with Gasteiger partial charge in [-0.3, -0.25) is 4.79 Å². The van der Waals surface area contributed by atoms with Gasteiger partial charge in [-0.05, 0) is 31.0 Å². The third-order valence-corrected chi connectivity index (χ3v) is 2.41. The van der Waals surface area contributed by atoms with Gasteiger partial charge in [0.05, 0.1) is 0 Å². The molecule has 1 aromatic rings. The van der Waals surface area contributed by atoms with Gasteiger partial charge in [0.25, 0.3) is 0 Å². The van der Waals surface area contributed by atoms with E-state index in [1.807, 2.05) is 0 Å². The van der Waals surface area contributed by atoms with Crippen LogP contribution >= 0.6 is 0 Å². The summed E-state index contributed by atoms with van der Waals surface area (Å²) in [5.41, 5.74) is 0.184. The molecule has 4 heteroatoms. The second-order valence-electron chi connectivity index (χ2n) is 3.73. The molecule has 0 aliphatic heterocycles. The van der Waals surface area contributed by atoms with Crippen LogP contribution in [0.15, 0.2) is 18.2 Å². The Balaban J connectivity index is 1.97. The minimum absolute atomic E-state index is 0.0545. The third-order valence-electron chi connectivity index (χ3n) is 2.41. The molecule has 1 aliphatic rings. The third kappa shape index (κ3) is 2.52. The first kappa shape index (κ1) is 10.1. The highest BCUT2D eigenvalue weighted by Gasteiger charge is 2.29. The average molecular weight is 211 g/mol. The largest absolute Gasteiger partial charge is 0.352 e. The van der Waals surface area contributed by atoms with E-state index in [0.29, 0.717) is 0 Å². The van der Waals surface area contributed by atoms with Crippen molar-refractivity contribution in [1.82, 2.24) is 5.32 Å². The Labute approximate surface area is 86.3 Å². The molecule has 2 nitrogen and oxygen atoms in total. The van der Waals surface area contributed by atoms with E-state index in [-0.39, 0.29) is 23.9 Å². The van der Waals surface area contributed by atoms with Gasteiger partial charge in [-0.15, -0.1) is 0 Å². The van der Waals surface area contributed by atoms with Crippen molar-refractivity contribution >= 4 is 5.91 Å². The number of halogens is 2. The summed E-state index contributed by atoms with van der Waals surface area (Å²) in [5.74, 6) is -0.972. The quantitative estimate of drug-likeness (QED) is 0.813. The summed E-state index contributed by atoms with van der Waals surface area (Å²) < 4.78 is 25.9. The second kappa shape index (κ2) is 3.96. The van der Waals surface area contributed by atoms with Gasteiger partial charge in [0, 0.05) is 18.0 Å². The van der Waals surface area contributed by atoms with Crippen LogP contribution in [-0.2, 0) is 11.3 Å². The van der Waals surface area contributed by atoms with Gasteiger partial charge >= 0.3 is 0 Å². The minimum atomic E-state index is -0.493. The summed E-state index contributed by atoms with van der Waals surface area (Å²) in [5, 5.41) is 2.58. The highest BCUT2D eigenvalue weighted by Crippen LogP contribution is 2.28. The Hall–Kier alpha value is -1.45. The van der Waals surface area contributed by atoms with E-state index >= 15 is 0 Å². The monoisotopic (exact) mass is 211 g/mol. The summed E-state index contributed by atoms with van der Waals surface area (Å²) >= 11 is 0. The first-order valence-corrected chi connectivity index (χ1v) is 4.88. The zero-order chi connectivity index (χ0) is 10.8. The van der Waals surface area contributed by atoms with Crippen molar-refractivity contribution in [3.63, 3.8) is 0 Å². The molecular formula is C11H11F2NO. The van der Waals surface area contributed by atoms with Crippen LogP contribution in [-0.4, -0.2) is 5.91 Å². The lowest BCUT2D eigenvalue weighted by Crippen LogP contribution is -2.24. The van der Waals surface area contributed by atoms with Crippen LogP contribution in [0.5, 0.6) is 0 Å². The van der Waals surface area contributed by atoms with Crippen molar-refractivity contribution in [3.8, 4) is 0 Å². The zero-order valence-corrected chi connectivity index (χ0v) is 8.09. The molecule has 0 saturated heterocycles. The lowest BCUT2D eigenvalue weighted by Gasteiger charge is -2.05. The number of hydrogen-bond acceptors (Lipinski definition) is 1. The van der Waals surface area contributed by atoms with Crippen molar-refractivity contribution < 1.29 is 13.6 Å². The van der Waals surface area contributed by atoms with Crippen LogP contribution in [0.3, 0.4) is 0 Å². The minimum Gasteiger partial charge on any atom is -0.352 e. The molecule has 0 spiro atoms. The highest BCUT2D eigenvalue weighted by atomic mass is 19.1. The number of benzene rings is 1. The maximum absolute atomic E-state index is 13.1. The molecule has 2 rings (SSSR count). The predicted octanol–water partition coefficient (Wildman–Crippen LogP) is 1.99. The molecule has 1 aliphatic carbocycles. The fourth-order valence-corrected chi connectivity index (χ4v) is 1.35. The van der Waals surface area contributed by atoms with Crippen LogP contribution < -0.4 is 5.32 Å². The average Bonchev–Trinajstić information content (AvgIpc) is 3.02. The van der Waals surface area contributed by atoms with Crippen molar-refractivity contribution in [1.29, 1.82) is 0 Å². The molecule has 0 bridgehead atoms. The summed E-state index contributed by atoms with van der Waals surface area (Å²) in [6.45, 7) is 0.0545. The predicted molar refractivity (Wildman–Crippen MR) is 50.9 cm³/mol. The maximum Gasteiger partial charge on any atom is 0.223 e. The Morgan fingerprint density at radius 1 is 1.40 bits per heavy atom. The molecule has 0 atom stereocenters. The molecular weight excluding hydrogens is 200 g/mol. The molecule has 0 radical (unpaired) electrons. The summed E-state index contributed by atoms with van der Waals surface area (Å²) in [6.07, 6.45) is 1.80. The first-order chi connectivity index (χ1) is 7.16. The Kier molecular flexibility index (Phi) is 2.66. The van der Waals surface area contributed by atoms with E-state index in [9.17, 15) is 13.6 Å². The molecule has 1 aromatic carbocycles. The number of carbonyl (C=O) groups excluding carboxylic acids is 1. The molecule has 0 unspecified atom stereocenters. The van der Waals surface area contributed by atoms with E-state index in [4.69, 9.17) is 0 Å². The summed E-state index contributed by atoms with van der Waals surface area (Å²) in [6, 6.07) is 3.22. The molecule has 1 N–H and O–H groups in total. The van der Waals surface area contributed by atoms with Crippen molar-refractivity contribution in [2.24, 2.45) is 5.92 Å². The van der Waals surface area contributed by atoms with Crippen molar-refractivity contribution in [2.45, 2.75) is 19.4 Å². The zero-order valence-electron chi connectivity index (χ0n) is 8.09. The molecule has 80 valence electrons. The van der Waals surface area contributed by atoms with Crippen molar-refractivity contribution in [3.05, 3.63) is 35.4 Å². The van der Waals surface area contributed by atoms with Gasteiger partial charge in [-0.25, -0.2) is 8.78 Å². The first-order valence-electron chi connectivity index (χ1n) is 4.88. The molecule has 1 fully saturated rings. The van der Waals surface area contributed by atoms with E-state index in [0.717, 1.165) is 31.0 Å². The number of amides is 1. The number of hydrogen-bond donors (Lipinski definition) is 1. The van der Waals surface area contributed by atoms with Crippen LogP contribution in [0.2, 0.25) is 0 Å². The fraction of sp³-hybridized carbons (Fsp3) is 0.364. The Bertz CT molecular complexity index is 388.